The van der Waals surface area contributed by atoms with Gasteiger partial charge in [0.05, 0.1) is 0 Å². The molecule has 28 heavy (non-hydrogen) atoms. The van der Waals surface area contributed by atoms with Gasteiger partial charge in [0.2, 0.25) is 5.91 Å². The molecule has 146 valence electrons. The van der Waals surface area contributed by atoms with Crippen molar-refractivity contribution in [2.45, 2.75) is 25.3 Å². The number of rotatable bonds is 6. The van der Waals surface area contributed by atoms with Gasteiger partial charge in [-0.2, -0.15) is 0 Å². The number of nitrogens with one attached hydrogen (secondary N) is 1. The fourth-order valence-electron chi connectivity index (χ4n) is 3.69. The molecule has 0 bridgehead atoms. The molecule has 2 aromatic carbocycles. The van der Waals surface area contributed by atoms with Crippen molar-refractivity contribution < 1.29 is 14.8 Å². The summed E-state index contributed by atoms with van der Waals surface area (Å²) in [6, 6.07) is 15.6. The SMILES string of the molecule is CNCc1cccc(C2CCN(C(=O)/C=C/c3cccc(B(O)O)c3)CC2)c1. The van der Waals surface area contributed by atoms with Crippen LogP contribution in [0.15, 0.2) is 54.6 Å². The zero-order valence-corrected chi connectivity index (χ0v) is 16.2. The lowest BCUT2D eigenvalue weighted by atomic mass is 9.79. The first-order valence-corrected chi connectivity index (χ1v) is 9.73. The Kier molecular flexibility index (Phi) is 7.03. The Labute approximate surface area is 166 Å². The largest absolute Gasteiger partial charge is 0.488 e. The van der Waals surface area contributed by atoms with Gasteiger partial charge in [-0.3, -0.25) is 4.79 Å². The molecule has 1 aliphatic rings. The van der Waals surface area contributed by atoms with Crippen molar-refractivity contribution in [1.82, 2.24) is 10.2 Å². The van der Waals surface area contributed by atoms with Crippen LogP contribution in [0.4, 0.5) is 0 Å². The molecule has 0 aromatic heterocycles. The molecule has 0 unspecified atom stereocenters. The molecule has 1 aliphatic heterocycles. The number of amides is 1. The predicted molar refractivity (Wildman–Crippen MR) is 113 cm³/mol. The summed E-state index contributed by atoms with van der Waals surface area (Å²) in [6.45, 7) is 2.36. The number of carbonyl (C=O) groups excluding carboxylic acids is 1. The van der Waals surface area contributed by atoms with E-state index >= 15 is 0 Å². The zero-order chi connectivity index (χ0) is 19.9. The van der Waals surface area contributed by atoms with Gasteiger partial charge in [-0.25, -0.2) is 0 Å². The second-order valence-corrected chi connectivity index (χ2v) is 7.25. The second-order valence-electron chi connectivity index (χ2n) is 7.25. The lowest BCUT2D eigenvalue weighted by Gasteiger charge is -2.31. The third-order valence-electron chi connectivity index (χ3n) is 5.24. The molecular weight excluding hydrogens is 351 g/mol. The number of carbonyl (C=O) groups is 1. The number of piperidine rings is 1. The molecular formula is C22H27BN2O3. The van der Waals surface area contributed by atoms with Gasteiger partial charge >= 0.3 is 7.12 Å². The molecule has 1 amide bonds. The van der Waals surface area contributed by atoms with Crippen molar-refractivity contribution in [2.75, 3.05) is 20.1 Å². The summed E-state index contributed by atoms with van der Waals surface area (Å²) >= 11 is 0. The second kappa shape index (κ2) is 9.69. The van der Waals surface area contributed by atoms with Gasteiger partial charge in [-0.1, -0.05) is 48.5 Å². The zero-order valence-electron chi connectivity index (χ0n) is 16.2. The van der Waals surface area contributed by atoms with Crippen LogP contribution in [0.25, 0.3) is 6.08 Å². The summed E-state index contributed by atoms with van der Waals surface area (Å²) in [4.78, 5) is 14.4. The first-order valence-electron chi connectivity index (χ1n) is 9.73. The van der Waals surface area contributed by atoms with Gasteiger partial charge in [0, 0.05) is 25.7 Å². The fraction of sp³-hybridized carbons (Fsp3) is 0.318. The molecule has 2 aromatic rings. The number of hydrogen-bond donors (Lipinski definition) is 3. The number of nitrogens with zero attached hydrogens (tertiary/aromatic N) is 1. The molecule has 3 N–H and O–H groups in total. The maximum atomic E-state index is 12.5. The number of hydrogen-bond acceptors (Lipinski definition) is 4. The summed E-state index contributed by atoms with van der Waals surface area (Å²) < 4.78 is 0. The van der Waals surface area contributed by atoms with E-state index in [9.17, 15) is 14.8 Å². The van der Waals surface area contributed by atoms with Crippen LogP contribution in [0.5, 0.6) is 0 Å². The molecule has 0 spiro atoms. The highest BCUT2D eigenvalue weighted by Crippen LogP contribution is 2.28. The highest BCUT2D eigenvalue weighted by molar-refractivity contribution is 6.58. The first kappa shape index (κ1) is 20.3. The third-order valence-corrected chi connectivity index (χ3v) is 5.24. The monoisotopic (exact) mass is 378 g/mol. The van der Waals surface area contributed by atoms with Crippen LogP contribution < -0.4 is 10.8 Å². The van der Waals surface area contributed by atoms with Crippen LogP contribution in [-0.2, 0) is 11.3 Å². The van der Waals surface area contributed by atoms with E-state index in [0.29, 0.717) is 11.4 Å². The van der Waals surface area contributed by atoms with E-state index in [0.717, 1.165) is 38.0 Å². The number of benzene rings is 2. The van der Waals surface area contributed by atoms with Gasteiger partial charge in [0.15, 0.2) is 0 Å². The van der Waals surface area contributed by atoms with Crippen molar-refractivity contribution in [3.63, 3.8) is 0 Å². The Morgan fingerprint density at radius 2 is 1.93 bits per heavy atom. The van der Waals surface area contributed by atoms with E-state index < -0.39 is 7.12 Å². The molecule has 0 atom stereocenters. The first-order chi connectivity index (χ1) is 13.6. The minimum Gasteiger partial charge on any atom is -0.423 e. The summed E-state index contributed by atoms with van der Waals surface area (Å²) in [5, 5.41) is 21.7. The van der Waals surface area contributed by atoms with Crippen LogP contribution in [0, 0.1) is 0 Å². The van der Waals surface area contributed by atoms with Crippen LogP contribution in [0.1, 0.15) is 35.4 Å². The van der Waals surface area contributed by atoms with Gasteiger partial charge in [-0.15, -0.1) is 0 Å². The molecule has 5 nitrogen and oxygen atoms in total. The molecule has 0 radical (unpaired) electrons. The fourth-order valence-corrected chi connectivity index (χ4v) is 3.69. The Morgan fingerprint density at radius 3 is 2.64 bits per heavy atom. The average Bonchev–Trinajstić information content (AvgIpc) is 2.73. The molecule has 0 saturated carbocycles. The lowest BCUT2D eigenvalue weighted by Crippen LogP contribution is -2.36. The van der Waals surface area contributed by atoms with Gasteiger partial charge < -0.3 is 20.3 Å². The van der Waals surface area contributed by atoms with Crippen LogP contribution in [-0.4, -0.2) is 48.1 Å². The van der Waals surface area contributed by atoms with Crippen molar-refractivity contribution in [2.24, 2.45) is 0 Å². The smallest absolute Gasteiger partial charge is 0.423 e. The van der Waals surface area contributed by atoms with Crippen LogP contribution >= 0.6 is 0 Å². The van der Waals surface area contributed by atoms with E-state index in [4.69, 9.17) is 0 Å². The summed E-state index contributed by atoms with van der Waals surface area (Å²) in [5.74, 6) is 0.491. The highest BCUT2D eigenvalue weighted by atomic mass is 16.4. The predicted octanol–water partition coefficient (Wildman–Crippen LogP) is 1.51. The molecule has 1 fully saturated rings. The van der Waals surface area contributed by atoms with Crippen molar-refractivity contribution in [1.29, 1.82) is 0 Å². The quantitative estimate of drug-likeness (QED) is 0.526. The maximum absolute atomic E-state index is 12.5. The van der Waals surface area contributed by atoms with Gasteiger partial charge in [0.25, 0.3) is 0 Å². The van der Waals surface area contributed by atoms with E-state index in [2.05, 4.69) is 29.6 Å². The summed E-state index contributed by atoms with van der Waals surface area (Å²) in [7, 11) is 0.446. The van der Waals surface area contributed by atoms with E-state index in [1.165, 1.54) is 11.1 Å². The lowest BCUT2D eigenvalue weighted by molar-refractivity contribution is -0.126. The number of likely N-dealkylation sites (tertiary alicyclic amines) is 1. The highest BCUT2D eigenvalue weighted by Gasteiger charge is 2.22. The Hall–Kier alpha value is -2.41. The van der Waals surface area contributed by atoms with Crippen molar-refractivity contribution in [3.05, 3.63) is 71.3 Å². The standard InChI is InChI=1S/C22H27BN2O3/c1-24-16-18-5-2-6-20(14-18)19-10-12-25(13-11-19)22(26)9-8-17-4-3-7-21(15-17)23(27)28/h2-9,14-15,19,24,27-28H,10-13,16H2,1H3/b9-8+. The third kappa shape index (κ3) is 5.32. The summed E-state index contributed by atoms with van der Waals surface area (Å²) in [5.41, 5.74) is 3.83. The van der Waals surface area contributed by atoms with Crippen LogP contribution in [0.2, 0.25) is 0 Å². The van der Waals surface area contributed by atoms with Crippen molar-refractivity contribution >= 4 is 24.6 Å². The van der Waals surface area contributed by atoms with Gasteiger partial charge in [-0.05, 0) is 54.0 Å². The minimum absolute atomic E-state index is 0.00247. The van der Waals surface area contributed by atoms with E-state index in [-0.39, 0.29) is 5.91 Å². The Bertz CT molecular complexity index is 830. The van der Waals surface area contributed by atoms with E-state index in [1.54, 1.807) is 30.4 Å². The van der Waals surface area contributed by atoms with E-state index in [1.807, 2.05) is 18.0 Å². The normalized spacial score (nSPS) is 15.2. The minimum atomic E-state index is -1.50. The van der Waals surface area contributed by atoms with Crippen molar-refractivity contribution in [3.8, 4) is 0 Å². The molecule has 1 heterocycles. The Morgan fingerprint density at radius 1 is 1.18 bits per heavy atom. The molecule has 0 aliphatic carbocycles. The molecule has 3 rings (SSSR count). The molecule has 6 heteroatoms. The maximum Gasteiger partial charge on any atom is 0.488 e. The van der Waals surface area contributed by atoms with Gasteiger partial charge in [0.1, 0.15) is 0 Å². The average molecular weight is 378 g/mol. The summed E-state index contributed by atoms with van der Waals surface area (Å²) in [6.07, 6.45) is 5.22. The topological polar surface area (TPSA) is 72.8 Å². The molecule has 1 saturated heterocycles. The van der Waals surface area contributed by atoms with Crippen LogP contribution in [0.3, 0.4) is 0 Å². The Balaban J connectivity index is 1.56.